The number of nitrogens with zero attached hydrogens (tertiary/aromatic N) is 2. The van der Waals surface area contributed by atoms with Crippen LogP contribution in [0, 0.1) is 6.92 Å². The Hall–Kier alpha value is -1.51. The van der Waals surface area contributed by atoms with E-state index in [1.165, 1.54) is 11.1 Å². The molecule has 0 radical (unpaired) electrons. The normalized spacial score (nSPS) is 11.2. The van der Waals surface area contributed by atoms with E-state index in [0.29, 0.717) is 5.88 Å². The summed E-state index contributed by atoms with van der Waals surface area (Å²) in [5, 5.41) is 0.748. The second kappa shape index (κ2) is 5.47. The van der Waals surface area contributed by atoms with E-state index in [-0.39, 0.29) is 0 Å². The number of imidazole rings is 1. The van der Waals surface area contributed by atoms with Crippen LogP contribution in [-0.4, -0.2) is 9.55 Å². The first-order valence-electron chi connectivity index (χ1n) is 6.44. The van der Waals surface area contributed by atoms with E-state index in [1.807, 2.05) is 36.4 Å². The summed E-state index contributed by atoms with van der Waals surface area (Å²) in [5.41, 5.74) is 4.54. The van der Waals surface area contributed by atoms with Gasteiger partial charge in [-0.25, -0.2) is 4.98 Å². The molecule has 0 N–H and O–H groups in total. The van der Waals surface area contributed by atoms with Gasteiger partial charge in [0, 0.05) is 11.6 Å². The summed E-state index contributed by atoms with van der Waals surface area (Å²) in [4.78, 5) is 4.61. The van der Waals surface area contributed by atoms with E-state index < -0.39 is 0 Å². The SMILES string of the molecule is Cc1cccc2nc(CCl)n(Cc3ccc(Cl)cc3)c12. The van der Waals surface area contributed by atoms with Gasteiger partial charge in [-0.05, 0) is 36.2 Å². The number of para-hydroxylation sites is 1. The molecule has 2 aromatic carbocycles. The predicted octanol–water partition coefficient (Wildman–Crippen LogP) is 4.79. The minimum atomic E-state index is 0.404. The van der Waals surface area contributed by atoms with Crippen molar-refractivity contribution in [1.82, 2.24) is 9.55 Å². The van der Waals surface area contributed by atoms with Crippen LogP contribution in [-0.2, 0) is 12.4 Å². The maximum Gasteiger partial charge on any atom is 0.125 e. The number of fused-ring (bicyclic) bond motifs is 1. The molecular formula is C16H14Cl2N2. The molecule has 2 nitrogen and oxygen atoms in total. The average molecular weight is 305 g/mol. The van der Waals surface area contributed by atoms with Gasteiger partial charge in [-0.2, -0.15) is 0 Å². The number of hydrogen-bond donors (Lipinski definition) is 0. The Kier molecular flexibility index (Phi) is 3.68. The van der Waals surface area contributed by atoms with Gasteiger partial charge in [-0.15, -0.1) is 11.6 Å². The van der Waals surface area contributed by atoms with Gasteiger partial charge in [0.25, 0.3) is 0 Å². The third kappa shape index (κ3) is 2.41. The molecular weight excluding hydrogens is 291 g/mol. The zero-order valence-electron chi connectivity index (χ0n) is 11.1. The highest BCUT2D eigenvalue weighted by molar-refractivity contribution is 6.30. The standard InChI is InChI=1S/C16H14Cl2N2/c1-11-3-2-4-14-16(11)20(15(9-17)19-14)10-12-5-7-13(18)8-6-12/h2-8H,9-10H2,1H3. The number of aromatic nitrogens is 2. The van der Waals surface area contributed by atoms with Crippen LogP contribution in [0.25, 0.3) is 11.0 Å². The lowest BCUT2D eigenvalue weighted by atomic mass is 10.2. The summed E-state index contributed by atoms with van der Waals surface area (Å²) in [6, 6.07) is 14.0. The van der Waals surface area contributed by atoms with Crippen molar-refractivity contribution < 1.29 is 0 Å². The fourth-order valence-electron chi connectivity index (χ4n) is 2.46. The summed E-state index contributed by atoms with van der Waals surface area (Å²) in [7, 11) is 0. The minimum Gasteiger partial charge on any atom is -0.322 e. The number of halogens is 2. The topological polar surface area (TPSA) is 17.8 Å². The van der Waals surface area contributed by atoms with E-state index in [0.717, 1.165) is 28.4 Å². The van der Waals surface area contributed by atoms with Crippen LogP contribution in [0.3, 0.4) is 0 Å². The molecule has 0 unspecified atom stereocenters. The Morgan fingerprint density at radius 3 is 2.55 bits per heavy atom. The van der Waals surface area contributed by atoms with Crippen molar-refractivity contribution in [2.24, 2.45) is 0 Å². The molecule has 102 valence electrons. The van der Waals surface area contributed by atoms with Gasteiger partial charge in [-0.3, -0.25) is 0 Å². The molecule has 1 heterocycles. The number of benzene rings is 2. The second-order valence-corrected chi connectivity index (χ2v) is 5.52. The van der Waals surface area contributed by atoms with Crippen molar-refractivity contribution in [3.63, 3.8) is 0 Å². The van der Waals surface area contributed by atoms with E-state index in [4.69, 9.17) is 23.2 Å². The van der Waals surface area contributed by atoms with Crippen molar-refractivity contribution >= 4 is 34.2 Å². The van der Waals surface area contributed by atoms with Gasteiger partial charge in [0.05, 0.1) is 16.9 Å². The largest absolute Gasteiger partial charge is 0.322 e. The van der Waals surface area contributed by atoms with Gasteiger partial charge in [-0.1, -0.05) is 35.9 Å². The zero-order chi connectivity index (χ0) is 14.1. The Balaban J connectivity index is 2.11. The number of aryl methyl sites for hydroxylation is 1. The Bertz CT molecular complexity index is 745. The van der Waals surface area contributed by atoms with Gasteiger partial charge in [0.15, 0.2) is 0 Å². The summed E-state index contributed by atoms with van der Waals surface area (Å²) < 4.78 is 2.18. The average Bonchev–Trinajstić information content (AvgIpc) is 2.81. The number of alkyl halides is 1. The molecule has 1 aromatic heterocycles. The highest BCUT2D eigenvalue weighted by Gasteiger charge is 2.12. The fraction of sp³-hybridized carbons (Fsp3) is 0.188. The van der Waals surface area contributed by atoms with Crippen LogP contribution >= 0.6 is 23.2 Å². The molecule has 0 amide bonds. The molecule has 0 atom stereocenters. The first-order chi connectivity index (χ1) is 9.69. The maximum atomic E-state index is 6.04. The van der Waals surface area contributed by atoms with E-state index in [2.05, 4.69) is 22.5 Å². The van der Waals surface area contributed by atoms with E-state index >= 15 is 0 Å². The van der Waals surface area contributed by atoms with Crippen molar-refractivity contribution in [2.75, 3.05) is 0 Å². The van der Waals surface area contributed by atoms with E-state index in [9.17, 15) is 0 Å². The number of hydrogen-bond acceptors (Lipinski definition) is 1. The molecule has 20 heavy (non-hydrogen) atoms. The maximum absolute atomic E-state index is 6.04. The van der Waals surface area contributed by atoms with Crippen LogP contribution in [0.4, 0.5) is 0 Å². The first kappa shape index (κ1) is 13.5. The zero-order valence-corrected chi connectivity index (χ0v) is 12.6. The molecule has 3 rings (SSSR count). The van der Waals surface area contributed by atoms with Crippen LogP contribution in [0.15, 0.2) is 42.5 Å². The molecule has 0 saturated carbocycles. The Morgan fingerprint density at radius 1 is 1.10 bits per heavy atom. The lowest BCUT2D eigenvalue weighted by Crippen LogP contribution is -2.04. The van der Waals surface area contributed by atoms with Gasteiger partial charge < -0.3 is 4.57 Å². The quantitative estimate of drug-likeness (QED) is 0.636. The predicted molar refractivity (Wildman–Crippen MR) is 84.6 cm³/mol. The lowest BCUT2D eigenvalue weighted by Gasteiger charge is -2.09. The first-order valence-corrected chi connectivity index (χ1v) is 7.35. The molecule has 0 saturated heterocycles. The van der Waals surface area contributed by atoms with Crippen molar-refractivity contribution in [3.05, 3.63) is 64.4 Å². The van der Waals surface area contributed by atoms with Crippen molar-refractivity contribution in [2.45, 2.75) is 19.3 Å². The Morgan fingerprint density at radius 2 is 1.85 bits per heavy atom. The van der Waals surface area contributed by atoms with Crippen LogP contribution < -0.4 is 0 Å². The smallest absolute Gasteiger partial charge is 0.125 e. The number of rotatable bonds is 3. The fourth-order valence-corrected chi connectivity index (χ4v) is 2.79. The second-order valence-electron chi connectivity index (χ2n) is 4.82. The van der Waals surface area contributed by atoms with E-state index in [1.54, 1.807) is 0 Å². The van der Waals surface area contributed by atoms with Crippen molar-refractivity contribution in [3.8, 4) is 0 Å². The molecule has 0 aliphatic heterocycles. The summed E-state index contributed by atoms with van der Waals surface area (Å²) in [6.45, 7) is 2.85. The monoisotopic (exact) mass is 304 g/mol. The molecule has 0 aliphatic carbocycles. The molecule has 4 heteroatoms. The molecule has 0 bridgehead atoms. The summed E-state index contributed by atoms with van der Waals surface area (Å²) in [6.07, 6.45) is 0. The van der Waals surface area contributed by atoms with Gasteiger partial charge >= 0.3 is 0 Å². The summed E-state index contributed by atoms with van der Waals surface area (Å²) in [5.74, 6) is 1.30. The molecule has 0 aliphatic rings. The van der Waals surface area contributed by atoms with Gasteiger partial charge in [0.1, 0.15) is 5.82 Å². The summed E-state index contributed by atoms with van der Waals surface area (Å²) >= 11 is 12.0. The van der Waals surface area contributed by atoms with Crippen LogP contribution in [0.5, 0.6) is 0 Å². The molecule has 3 aromatic rings. The highest BCUT2D eigenvalue weighted by Crippen LogP contribution is 2.23. The lowest BCUT2D eigenvalue weighted by molar-refractivity contribution is 0.777. The molecule has 0 fully saturated rings. The third-order valence-corrected chi connectivity index (χ3v) is 3.91. The third-order valence-electron chi connectivity index (χ3n) is 3.42. The highest BCUT2D eigenvalue weighted by atomic mass is 35.5. The van der Waals surface area contributed by atoms with Gasteiger partial charge in [0.2, 0.25) is 0 Å². The van der Waals surface area contributed by atoms with Crippen LogP contribution in [0.2, 0.25) is 5.02 Å². The molecule has 0 spiro atoms. The Labute approximate surface area is 128 Å². The van der Waals surface area contributed by atoms with Crippen LogP contribution in [0.1, 0.15) is 17.0 Å². The van der Waals surface area contributed by atoms with Crippen molar-refractivity contribution in [1.29, 1.82) is 0 Å². The minimum absolute atomic E-state index is 0.404.